The molecular formula is C24H29N5O3S. The summed E-state index contributed by atoms with van der Waals surface area (Å²) >= 11 is 1.15. The highest BCUT2D eigenvalue weighted by Gasteiger charge is 2.16. The maximum atomic E-state index is 12.4. The van der Waals surface area contributed by atoms with Crippen LogP contribution in [0.2, 0.25) is 0 Å². The van der Waals surface area contributed by atoms with Gasteiger partial charge in [0.15, 0.2) is 0 Å². The number of benzene rings is 2. The summed E-state index contributed by atoms with van der Waals surface area (Å²) in [4.78, 5) is 28.2. The molecule has 0 spiro atoms. The molecule has 0 fully saturated rings. The Bertz CT molecular complexity index is 1060. The molecule has 0 saturated heterocycles. The predicted octanol–water partition coefficient (Wildman–Crippen LogP) is 4.08. The van der Waals surface area contributed by atoms with Crippen LogP contribution in [0.4, 0.5) is 11.4 Å². The zero-order valence-electron chi connectivity index (χ0n) is 19.4. The SMILES string of the molecule is CCN(CC)c1ccc(-c2nnc(SCC(=O)N(C)CC(=O)Nc3ccc(C)cc3)o2)cc1. The van der Waals surface area contributed by atoms with Crippen LogP contribution in [-0.4, -0.2) is 59.3 Å². The largest absolute Gasteiger partial charge is 0.411 e. The average molecular weight is 468 g/mol. The van der Waals surface area contributed by atoms with E-state index in [-0.39, 0.29) is 24.1 Å². The van der Waals surface area contributed by atoms with Gasteiger partial charge in [-0.2, -0.15) is 0 Å². The molecule has 2 aromatic carbocycles. The van der Waals surface area contributed by atoms with Gasteiger partial charge in [-0.1, -0.05) is 29.5 Å². The molecule has 1 N–H and O–H groups in total. The molecule has 33 heavy (non-hydrogen) atoms. The van der Waals surface area contributed by atoms with Gasteiger partial charge in [0, 0.05) is 37.1 Å². The number of thioether (sulfide) groups is 1. The van der Waals surface area contributed by atoms with Gasteiger partial charge in [-0.3, -0.25) is 9.59 Å². The summed E-state index contributed by atoms with van der Waals surface area (Å²) in [5.74, 6) is 0.0359. The standard InChI is InChI=1S/C24H29N5O3S/c1-5-29(6-2)20-13-9-18(10-14-20)23-26-27-24(32-23)33-16-22(31)28(4)15-21(30)25-19-11-7-17(3)8-12-19/h7-14H,5-6,15-16H2,1-4H3,(H,25,30). The number of aromatic nitrogens is 2. The molecular weight excluding hydrogens is 438 g/mol. The van der Waals surface area contributed by atoms with E-state index < -0.39 is 0 Å². The molecule has 2 amide bonds. The number of aryl methyl sites for hydroxylation is 1. The monoisotopic (exact) mass is 467 g/mol. The summed E-state index contributed by atoms with van der Waals surface area (Å²) in [5.41, 5.74) is 3.77. The third kappa shape index (κ3) is 6.82. The first kappa shape index (κ1) is 24.3. The van der Waals surface area contributed by atoms with Crippen LogP contribution in [0.3, 0.4) is 0 Å². The zero-order valence-corrected chi connectivity index (χ0v) is 20.2. The first-order valence-electron chi connectivity index (χ1n) is 10.8. The fourth-order valence-electron chi connectivity index (χ4n) is 3.16. The van der Waals surface area contributed by atoms with Crippen molar-refractivity contribution in [1.29, 1.82) is 0 Å². The quantitative estimate of drug-likeness (QED) is 0.449. The van der Waals surface area contributed by atoms with Crippen LogP contribution in [0.5, 0.6) is 0 Å². The van der Waals surface area contributed by atoms with Crippen LogP contribution < -0.4 is 10.2 Å². The van der Waals surface area contributed by atoms with Crippen LogP contribution in [0.25, 0.3) is 11.5 Å². The molecule has 174 valence electrons. The van der Waals surface area contributed by atoms with Gasteiger partial charge in [-0.25, -0.2) is 0 Å². The van der Waals surface area contributed by atoms with Crippen LogP contribution in [-0.2, 0) is 9.59 Å². The van der Waals surface area contributed by atoms with Crippen molar-refractivity contribution in [2.45, 2.75) is 26.0 Å². The molecule has 0 saturated carbocycles. The minimum atomic E-state index is -0.257. The number of anilines is 2. The molecule has 0 radical (unpaired) electrons. The lowest BCUT2D eigenvalue weighted by Gasteiger charge is -2.20. The van der Waals surface area contributed by atoms with E-state index in [1.807, 2.05) is 55.5 Å². The Balaban J connectivity index is 1.49. The van der Waals surface area contributed by atoms with Crippen molar-refractivity contribution >= 4 is 35.0 Å². The van der Waals surface area contributed by atoms with Gasteiger partial charge < -0.3 is 19.5 Å². The van der Waals surface area contributed by atoms with Crippen molar-refractivity contribution in [2.24, 2.45) is 0 Å². The van der Waals surface area contributed by atoms with Crippen molar-refractivity contribution in [2.75, 3.05) is 42.7 Å². The molecule has 3 rings (SSSR count). The first-order chi connectivity index (χ1) is 15.9. The molecule has 0 bridgehead atoms. The first-order valence-corrected chi connectivity index (χ1v) is 11.8. The lowest BCUT2D eigenvalue weighted by Crippen LogP contribution is -2.35. The van der Waals surface area contributed by atoms with Crippen LogP contribution >= 0.6 is 11.8 Å². The Labute approximate surface area is 198 Å². The van der Waals surface area contributed by atoms with E-state index in [4.69, 9.17) is 4.42 Å². The van der Waals surface area contributed by atoms with Crippen LogP contribution in [0.1, 0.15) is 19.4 Å². The fraction of sp³-hybridized carbons (Fsp3) is 0.333. The highest BCUT2D eigenvalue weighted by Crippen LogP contribution is 2.25. The third-order valence-corrected chi connectivity index (χ3v) is 5.91. The number of nitrogens with zero attached hydrogens (tertiary/aromatic N) is 4. The topological polar surface area (TPSA) is 91.6 Å². The minimum Gasteiger partial charge on any atom is -0.411 e. The Morgan fingerprint density at radius 2 is 1.67 bits per heavy atom. The summed E-state index contributed by atoms with van der Waals surface area (Å²) in [7, 11) is 1.59. The van der Waals surface area contributed by atoms with Gasteiger partial charge in [-0.15, -0.1) is 10.2 Å². The summed E-state index contributed by atoms with van der Waals surface area (Å²) < 4.78 is 5.70. The van der Waals surface area contributed by atoms with E-state index >= 15 is 0 Å². The summed E-state index contributed by atoms with van der Waals surface area (Å²) in [5, 5.41) is 11.2. The summed E-state index contributed by atoms with van der Waals surface area (Å²) in [6, 6.07) is 15.4. The van der Waals surface area contributed by atoms with E-state index in [0.29, 0.717) is 16.8 Å². The Kier molecular flexibility index (Phi) is 8.48. The van der Waals surface area contributed by atoms with Crippen molar-refractivity contribution in [3.05, 3.63) is 54.1 Å². The fourth-order valence-corrected chi connectivity index (χ4v) is 3.87. The smallest absolute Gasteiger partial charge is 0.277 e. The predicted molar refractivity (Wildman–Crippen MR) is 131 cm³/mol. The number of carbonyl (C=O) groups excluding carboxylic acids is 2. The Morgan fingerprint density at radius 1 is 1.00 bits per heavy atom. The second kappa shape index (κ2) is 11.5. The van der Waals surface area contributed by atoms with Crippen molar-refractivity contribution in [3.8, 4) is 11.5 Å². The molecule has 9 heteroatoms. The molecule has 3 aromatic rings. The highest BCUT2D eigenvalue weighted by atomic mass is 32.2. The molecule has 0 atom stereocenters. The Morgan fingerprint density at radius 3 is 2.30 bits per heavy atom. The van der Waals surface area contributed by atoms with Gasteiger partial charge in [0.1, 0.15) is 0 Å². The van der Waals surface area contributed by atoms with Crippen molar-refractivity contribution in [3.63, 3.8) is 0 Å². The molecule has 8 nitrogen and oxygen atoms in total. The molecule has 1 aromatic heterocycles. The maximum Gasteiger partial charge on any atom is 0.277 e. The number of hydrogen-bond acceptors (Lipinski definition) is 7. The van der Waals surface area contributed by atoms with Crippen LogP contribution in [0, 0.1) is 6.92 Å². The molecule has 0 aliphatic heterocycles. The number of rotatable bonds is 10. The lowest BCUT2D eigenvalue weighted by molar-refractivity contribution is -0.131. The molecule has 1 heterocycles. The molecule has 0 unspecified atom stereocenters. The number of likely N-dealkylation sites (N-methyl/N-ethyl adjacent to an activating group) is 1. The second-order valence-corrected chi connectivity index (χ2v) is 8.47. The molecule has 0 aliphatic carbocycles. The number of nitrogens with one attached hydrogen (secondary N) is 1. The van der Waals surface area contributed by atoms with E-state index in [1.165, 1.54) is 4.90 Å². The van der Waals surface area contributed by atoms with E-state index in [0.717, 1.165) is 41.7 Å². The zero-order chi connectivity index (χ0) is 23.8. The third-order valence-electron chi connectivity index (χ3n) is 5.11. The van der Waals surface area contributed by atoms with Gasteiger partial charge in [0.25, 0.3) is 5.22 Å². The van der Waals surface area contributed by atoms with Crippen molar-refractivity contribution < 1.29 is 14.0 Å². The maximum absolute atomic E-state index is 12.4. The lowest BCUT2D eigenvalue weighted by atomic mass is 10.2. The highest BCUT2D eigenvalue weighted by molar-refractivity contribution is 7.99. The van der Waals surface area contributed by atoms with E-state index in [2.05, 4.69) is 34.3 Å². The second-order valence-electron chi connectivity index (χ2n) is 7.54. The number of hydrogen-bond donors (Lipinski definition) is 1. The molecule has 0 aliphatic rings. The number of carbonyl (C=O) groups is 2. The van der Waals surface area contributed by atoms with Gasteiger partial charge >= 0.3 is 0 Å². The van der Waals surface area contributed by atoms with Crippen LogP contribution in [0.15, 0.2) is 58.2 Å². The van der Waals surface area contributed by atoms with Gasteiger partial charge in [-0.05, 0) is 57.2 Å². The van der Waals surface area contributed by atoms with Gasteiger partial charge in [0.2, 0.25) is 17.7 Å². The normalized spacial score (nSPS) is 10.7. The summed E-state index contributed by atoms with van der Waals surface area (Å²) in [6.45, 7) is 8.05. The van der Waals surface area contributed by atoms with Gasteiger partial charge in [0.05, 0.1) is 12.3 Å². The summed E-state index contributed by atoms with van der Waals surface area (Å²) in [6.07, 6.45) is 0. The van der Waals surface area contributed by atoms with E-state index in [1.54, 1.807) is 7.05 Å². The minimum absolute atomic E-state index is 0.0404. The number of amides is 2. The Hall–Kier alpha value is -3.33. The van der Waals surface area contributed by atoms with Crippen molar-refractivity contribution in [1.82, 2.24) is 15.1 Å². The average Bonchev–Trinajstić information content (AvgIpc) is 3.29. The van der Waals surface area contributed by atoms with E-state index in [9.17, 15) is 9.59 Å².